The molecule has 2 aromatic heterocycles. The van der Waals surface area contributed by atoms with Crippen molar-refractivity contribution in [2.75, 3.05) is 6.54 Å². The second kappa shape index (κ2) is 4.33. The smallest absolute Gasteiger partial charge is 0.316 e. The summed E-state index contributed by atoms with van der Waals surface area (Å²) in [6, 6.07) is 4.41. The van der Waals surface area contributed by atoms with Crippen LogP contribution in [0.25, 0.3) is 0 Å². The molecular formula is C12H13N3OS. The van der Waals surface area contributed by atoms with Crippen LogP contribution in [0.4, 0.5) is 4.79 Å². The van der Waals surface area contributed by atoms with Gasteiger partial charge in [0, 0.05) is 23.8 Å². The van der Waals surface area contributed by atoms with E-state index in [0.717, 1.165) is 19.4 Å². The Morgan fingerprint density at radius 1 is 1.53 bits per heavy atom. The third-order valence-corrected chi connectivity index (χ3v) is 4.07. The topological polar surface area (TPSA) is 38.1 Å². The molecule has 3 rings (SSSR count). The molecule has 0 aliphatic carbocycles. The molecule has 1 unspecified atom stereocenters. The van der Waals surface area contributed by atoms with Crippen LogP contribution in [0.5, 0.6) is 0 Å². The summed E-state index contributed by atoms with van der Waals surface area (Å²) in [7, 11) is 0. The molecule has 0 aromatic carbocycles. The van der Waals surface area contributed by atoms with Gasteiger partial charge in [-0.2, -0.15) is 0 Å². The zero-order valence-corrected chi connectivity index (χ0v) is 10.1. The molecule has 1 fully saturated rings. The third-order valence-electron chi connectivity index (χ3n) is 3.10. The normalized spacial score (nSPS) is 19.8. The number of aromatic nitrogens is 2. The minimum atomic E-state index is 0.0263. The Morgan fingerprint density at radius 3 is 3.18 bits per heavy atom. The first-order valence-electron chi connectivity index (χ1n) is 5.68. The highest BCUT2D eigenvalue weighted by Gasteiger charge is 2.31. The number of carbonyl (C=O) groups is 1. The van der Waals surface area contributed by atoms with Crippen molar-refractivity contribution in [3.05, 3.63) is 41.1 Å². The van der Waals surface area contributed by atoms with Crippen LogP contribution in [-0.2, 0) is 0 Å². The standard InChI is InChI=1S/C12H13N3OS/c16-12(14-7-5-13-9-14)15-6-1-3-10(15)11-4-2-8-17-11/h2,4-5,7-10H,1,3,6H2. The molecule has 1 aliphatic heterocycles. The first-order chi connectivity index (χ1) is 8.36. The molecular weight excluding hydrogens is 234 g/mol. The minimum absolute atomic E-state index is 0.0263. The van der Waals surface area contributed by atoms with Crippen LogP contribution in [0, 0.1) is 0 Å². The van der Waals surface area contributed by atoms with Gasteiger partial charge in [-0.25, -0.2) is 9.78 Å². The lowest BCUT2D eigenvalue weighted by Crippen LogP contribution is -2.33. The molecule has 1 saturated heterocycles. The van der Waals surface area contributed by atoms with E-state index in [1.54, 1.807) is 34.6 Å². The number of likely N-dealkylation sites (tertiary alicyclic amines) is 1. The number of thiophene rings is 1. The number of carbonyl (C=O) groups excluding carboxylic acids is 1. The lowest BCUT2D eigenvalue weighted by atomic mass is 10.2. The first kappa shape index (κ1) is 10.5. The van der Waals surface area contributed by atoms with Crippen molar-refractivity contribution in [3.63, 3.8) is 0 Å². The van der Waals surface area contributed by atoms with Gasteiger partial charge in [-0.1, -0.05) is 6.07 Å². The van der Waals surface area contributed by atoms with E-state index >= 15 is 0 Å². The molecule has 0 radical (unpaired) electrons. The van der Waals surface area contributed by atoms with E-state index in [-0.39, 0.29) is 12.1 Å². The van der Waals surface area contributed by atoms with Gasteiger partial charge in [0.25, 0.3) is 0 Å². The Bertz CT molecular complexity index is 492. The lowest BCUT2D eigenvalue weighted by Gasteiger charge is -2.23. The quantitative estimate of drug-likeness (QED) is 0.777. The van der Waals surface area contributed by atoms with Gasteiger partial charge in [0.1, 0.15) is 6.33 Å². The predicted molar refractivity (Wildman–Crippen MR) is 66.0 cm³/mol. The maximum absolute atomic E-state index is 12.3. The Labute approximate surface area is 104 Å². The maximum Gasteiger partial charge on any atom is 0.329 e. The molecule has 0 bridgehead atoms. The zero-order chi connectivity index (χ0) is 11.7. The Balaban J connectivity index is 1.85. The molecule has 0 spiro atoms. The average molecular weight is 247 g/mol. The van der Waals surface area contributed by atoms with Crippen LogP contribution in [0.1, 0.15) is 23.8 Å². The van der Waals surface area contributed by atoms with Crippen LogP contribution in [0.15, 0.2) is 36.2 Å². The van der Waals surface area contributed by atoms with Gasteiger partial charge in [0.05, 0.1) is 6.04 Å². The lowest BCUT2D eigenvalue weighted by molar-refractivity contribution is 0.195. The molecule has 0 saturated carbocycles. The Hall–Kier alpha value is -1.62. The van der Waals surface area contributed by atoms with E-state index in [2.05, 4.69) is 16.4 Å². The van der Waals surface area contributed by atoms with Gasteiger partial charge in [0.2, 0.25) is 0 Å². The van der Waals surface area contributed by atoms with Gasteiger partial charge in [0.15, 0.2) is 0 Å². The molecule has 1 atom stereocenters. The molecule has 5 heteroatoms. The fraction of sp³-hybridized carbons (Fsp3) is 0.333. The highest BCUT2D eigenvalue weighted by atomic mass is 32.1. The summed E-state index contributed by atoms with van der Waals surface area (Å²) in [6.07, 6.45) is 7.02. The van der Waals surface area contributed by atoms with Crippen molar-refractivity contribution in [2.24, 2.45) is 0 Å². The summed E-state index contributed by atoms with van der Waals surface area (Å²) in [5, 5.41) is 2.06. The summed E-state index contributed by atoms with van der Waals surface area (Å²) in [5.41, 5.74) is 0. The maximum atomic E-state index is 12.3. The summed E-state index contributed by atoms with van der Waals surface area (Å²) in [4.78, 5) is 19.4. The highest BCUT2D eigenvalue weighted by molar-refractivity contribution is 7.10. The molecule has 0 N–H and O–H groups in total. The predicted octanol–water partition coefficient (Wildman–Crippen LogP) is 2.75. The van der Waals surface area contributed by atoms with Crippen molar-refractivity contribution < 1.29 is 4.79 Å². The fourth-order valence-corrected chi connectivity index (χ4v) is 3.17. The third kappa shape index (κ3) is 1.86. The summed E-state index contributed by atoms with van der Waals surface area (Å²) in [5.74, 6) is 0. The van der Waals surface area contributed by atoms with Gasteiger partial charge in [-0.3, -0.25) is 4.57 Å². The molecule has 2 aromatic rings. The minimum Gasteiger partial charge on any atom is -0.316 e. The van der Waals surface area contributed by atoms with Gasteiger partial charge in [-0.15, -0.1) is 11.3 Å². The van der Waals surface area contributed by atoms with Crippen LogP contribution >= 0.6 is 11.3 Å². The largest absolute Gasteiger partial charge is 0.329 e. The van der Waals surface area contributed by atoms with Crippen LogP contribution < -0.4 is 0 Å². The van der Waals surface area contributed by atoms with Gasteiger partial charge < -0.3 is 4.90 Å². The zero-order valence-electron chi connectivity index (χ0n) is 9.32. The van der Waals surface area contributed by atoms with Crippen LogP contribution in [-0.4, -0.2) is 27.0 Å². The van der Waals surface area contributed by atoms with E-state index in [9.17, 15) is 4.79 Å². The fourth-order valence-electron chi connectivity index (χ4n) is 2.29. The molecule has 88 valence electrons. The molecule has 17 heavy (non-hydrogen) atoms. The number of nitrogens with zero attached hydrogens (tertiary/aromatic N) is 3. The van der Waals surface area contributed by atoms with E-state index in [1.807, 2.05) is 11.0 Å². The summed E-state index contributed by atoms with van der Waals surface area (Å²) < 4.78 is 1.55. The summed E-state index contributed by atoms with van der Waals surface area (Å²) in [6.45, 7) is 0.833. The van der Waals surface area contributed by atoms with Gasteiger partial charge in [-0.05, 0) is 24.3 Å². The van der Waals surface area contributed by atoms with Crippen molar-refractivity contribution in [3.8, 4) is 0 Å². The molecule has 1 aliphatic rings. The SMILES string of the molecule is O=C(N1CCCC1c1cccs1)n1ccnc1. The Kier molecular flexibility index (Phi) is 2.68. The van der Waals surface area contributed by atoms with E-state index < -0.39 is 0 Å². The number of rotatable bonds is 1. The Morgan fingerprint density at radius 2 is 2.47 bits per heavy atom. The van der Waals surface area contributed by atoms with Crippen LogP contribution in [0.3, 0.4) is 0 Å². The average Bonchev–Trinajstić information content (AvgIpc) is 3.09. The monoisotopic (exact) mass is 247 g/mol. The summed E-state index contributed by atoms with van der Waals surface area (Å²) >= 11 is 1.72. The second-order valence-electron chi connectivity index (χ2n) is 4.12. The molecule has 3 heterocycles. The van der Waals surface area contributed by atoms with E-state index in [1.165, 1.54) is 4.88 Å². The number of imidazole rings is 1. The highest BCUT2D eigenvalue weighted by Crippen LogP contribution is 2.34. The number of hydrogen-bond donors (Lipinski definition) is 0. The van der Waals surface area contributed by atoms with Crippen molar-refractivity contribution in [1.29, 1.82) is 0 Å². The van der Waals surface area contributed by atoms with E-state index in [4.69, 9.17) is 0 Å². The number of amides is 1. The first-order valence-corrected chi connectivity index (χ1v) is 6.56. The van der Waals surface area contributed by atoms with Crippen LogP contribution in [0.2, 0.25) is 0 Å². The van der Waals surface area contributed by atoms with Crippen molar-refractivity contribution >= 4 is 17.4 Å². The molecule has 1 amide bonds. The van der Waals surface area contributed by atoms with E-state index in [0.29, 0.717) is 0 Å². The second-order valence-corrected chi connectivity index (χ2v) is 5.10. The molecule has 4 nitrogen and oxygen atoms in total. The van der Waals surface area contributed by atoms with Gasteiger partial charge >= 0.3 is 6.03 Å². The number of hydrogen-bond acceptors (Lipinski definition) is 3. The van der Waals surface area contributed by atoms with Crippen molar-refractivity contribution in [2.45, 2.75) is 18.9 Å². The van der Waals surface area contributed by atoms with Crippen molar-refractivity contribution in [1.82, 2.24) is 14.5 Å².